The second kappa shape index (κ2) is 7.40. The molecule has 1 N–H and O–H groups in total. The van der Waals surface area contributed by atoms with E-state index in [4.69, 9.17) is 9.47 Å². The van der Waals surface area contributed by atoms with Crippen LogP contribution in [0.4, 0.5) is 0 Å². The lowest BCUT2D eigenvalue weighted by molar-refractivity contribution is -0.131. The number of nitrogens with zero attached hydrogens (tertiary/aromatic N) is 2. The van der Waals surface area contributed by atoms with Gasteiger partial charge in [-0.2, -0.15) is 0 Å². The second-order valence-electron chi connectivity index (χ2n) is 6.69. The highest BCUT2D eigenvalue weighted by atomic mass is 16.5. The van der Waals surface area contributed by atoms with Crippen LogP contribution in [0.25, 0.3) is 0 Å². The Balaban J connectivity index is 1.55. The number of nitrogens with one attached hydrogen (secondary N) is 1. The molecule has 0 aliphatic carbocycles. The Morgan fingerprint density at radius 2 is 2.08 bits per heavy atom. The summed E-state index contributed by atoms with van der Waals surface area (Å²) in [7, 11) is 3.77. The molecule has 6 heteroatoms. The van der Waals surface area contributed by atoms with Gasteiger partial charge in [0.25, 0.3) is 0 Å². The lowest BCUT2D eigenvalue weighted by atomic mass is 10.1. The molecule has 1 saturated heterocycles. The molecule has 1 fully saturated rings. The Hall–Kier alpha value is -1.79. The van der Waals surface area contributed by atoms with Gasteiger partial charge >= 0.3 is 0 Å². The fraction of sp³-hybridized carbons (Fsp3) is 0.611. The van der Waals surface area contributed by atoms with Crippen LogP contribution in [0.1, 0.15) is 18.1 Å². The van der Waals surface area contributed by atoms with E-state index in [0.29, 0.717) is 13.1 Å². The van der Waals surface area contributed by atoms with Crippen molar-refractivity contribution in [2.75, 3.05) is 46.9 Å². The van der Waals surface area contributed by atoms with Crippen molar-refractivity contribution in [2.24, 2.45) is 0 Å². The first kappa shape index (κ1) is 17.0. The standard InChI is InChI=1S/C18H27N3O3/c1-13-8-14-9-16(23-3)15(10-17(14)24-13)11-19-12-18(22)21-6-4-20(2)5-7-21/h9-10,13,19H,4-8,11-12H2,1-3H3/t13-/m1/s1. The molecular weight excluding hydrogens is 306 g/mol. The number of carbonyl (C=O) groups excluding carboxylic acids is 1. The first-order valence-electron chi connectivity index (χ1n) is 8.60. The van der Waals surface area contributed by atoms with Gasteiger partial charge in [0.1, 0.15) is 17.6 Å². The molecule has 1 amide bonds. The SMILES string of the molecule is COc1cc2c(cc1CNCC(=O)N1CCN(C)CC1)O[C@H](C)C2. The van der Waals surface area contributed by atoms with Crippen LogP contribution >= 0.6 is 0 Å². The van der Waals surface area contributed by atoms with E-state index in [1.54, 1.807) is 7.11 Å². The Morgan fingerprint density at radius 1 is 1.33 bits per heavy atom. The van der Waals surface area contributed by atoms with Crippen LogP contribution < -0.4 is 14.8 Å². The van der Waals surface area contributed by atoms with Crippen molar-refractivity contribution in [1.29, 1.82) is 0 Å². The van der Waals surface area contributed by atoms with E-state index in [2.05, 4.69) is 30.3 Å². The Bertz CT molecular complexity index is 597. The number of amides is 1. The van der Waals surface area contributed by atoms with Gasteiger partial charge in [0.2, 0.25) is 5.91 Å². The number of piperazine rings is 1. The molecule has 0 bridgehead atoms. The number of hydrogen-bond donors (Lipinski definition) is 1. The molecule has 1 aromatic carbocycles. The molecule has 132 valence electrons. The van der Waals surface area contributed by atoms with E-state index >= 15 is 0 Å². The van der Waals surface area contributed by atoms with Gasteiger partial charge < -0.3 is 24.6 Å². The highest BCUT2D eigenvalue weighted by molar-refractivity contribution is 5.78. The average Bonchev–Trinajstić information content (AvgIpc) is 2.93. The normalized spacial score (nSPS) is 20.6. The zero-order valence-electron chi connectivity index (χ0n) is 14.8. The van der Waals surface area contributed by atoms with E-state index < -0.39 is 0 Å². The third kappa shape index (κ3) is 3.82. The topological polar surface area (TPSA) is 54.0 Å². The smallest absolute Gasteiger partial charge is 0.236 e. The number of rotatable bonds is 5. The fourth-order valence-electron chi connectivity index (χ4n) is 3.28. The summed E-state index contributed by atoms with van der Waals surface area (Å²) in [4.78, 5) is 16.4. The number of methoxy groups -OCH3 is 1. The summed E-state index contributed by atoms with van der Waals surface area (Å²) < 4.78 is 11.3. The number of ether oxygens (including phenoxy) is 2. The van der Waals surface area contributed by atoms with E-state index in [0.717, 1.165) is 49.7 Å². The van der Waals surface area contributed by atoms with E-state index in [9.17, 15) is 4.79 Å². The molecule has 6 nitrogen and oxygen atoms in total. The molecule has 24 heavy (non-hydrogen) atoms. The minimum atomic E-state index is 0.160. The number of likely N-dealkylation sites (N-methyl/N-ethyl adjacent to an activating group) is 1. The predicted molar refractivity (Wildman–Crippen MR) is 92.6 cm³/mol. The maximum Gasteiger partial charge on any atom is 0.236 e. The van der Waals surface area contributed by atoms with E-state index in [-0.39, 0.29) is 12.0 Å². The predicted octanol–water partition coefficient (Wildman–Crippen LogP) is 0.882. The van der Waals surface area contributed by atoms with Crippen molar-refractivity contribution in [2.45, 2.75) is 26.0 Å². The van der Waals surface area contributed by atoms with Crippen molar-refractivity contribution >= 4 is 5.91 Å². The quantitative estimate of drug-likeness (QED) is 0.867. The molecule has 0 unspecified atom stereocenters. The van der Waals surface area contributed by atoms with Crippen LogP contribution in [0.5, 0.6) is 11.5 Å². The average molecular weight is 333 g/mol. The van der Waals surface area contributed by atoms with E-state index in [1.807, 2.05) is 11.0 Å². The zero-order chi connectivity index (χ0) is 17.1. The molecule has 0 saturated carbocycles. The highest BCUT2D eigenvalue weighted by Gasteiger charge is 2.22. The summed E-state index contributed by atoms with van der Waals surface area (Å²) in [6, 6.07) is 4.09. The van der Waals surface area contributed by atoms with Crippen LogP contribution in [-0.2, 0) is 17.8 Å². The Kier molecular flexibility index (Phi) is 5.26. The summed E-state index contributed by atoms with van der Waals surface area (Å²) in [6.07, 6.45) is 1.13. The Morgan fingerprint density at radius 3 is 2.79 bits per heavy atom. The van der Waals surface area contributed by atoms with Gasteiger partial charge in [0, 0.05) is 50.3 Å². The summed E-state index contributed by atoms with van der Waals surface area (Å²) in [6.45, 7) is 6.52. The molecule has 1 aromatic rings. The van der Waals surface area contributed by atoms with Gasteiger partial charge in [-0.1, -0.05) is 0 Å². The number of benzene rings is 1. The monoisotopic (exact) mass is 333 g/mol. The fourth-order valence-corrected chi connectivity index (χ4v) is 3.28. The van der Waals surface area contributed by atoms with Gasteiger partial charge in [-0.05, 0) is 26.1 Å². The number of hydrogen-bond acceptors (Lipinski definition) is 5. The molecular formula is C18H27N3O3. The van der Waals surface area contributed by atoms with Gasteiger partial charge in [-0.15, -0.1) is 0 Å². The van der Waals surface area contributed by atoms with Crippen LogP contribution in [0, 0.1) is 0 Å². The lowest BCUT2D eigenvalue weighted by Gasteiger charge is -2.32. The van der Waals surface area contributed by atoms with Crippen molar-refractivity contribution in [3.63, 3.8) is 0 Å². The largest absolute Gasteiger partial charge is 0.496 e. The first-order chi connectivity index (χ1) is 11.6. The van der Waals surface area contributed by atoms with Crippen molar-refractivity contribution < 1.29 is 14.3 Å². The Labute approximate surface area is 143 Å². The van der Waals surface area contributed by atoms with Crippen molar-refractivity contribution in [3.05, 3.63) is 23.3 Å². The summed E-state index contributed by atoms with van der Waals surface area (Å²) >= 11 is 0. The van der Waals surface area contributed by atoms with Crippen LogP contribution in [0.15, 0.2) is 12.1 Å². The van der Waals surface area contributed by atoms with Crippen LogP contribution in [0.3, 0.4) is 0 Å². The molecule has 2 aliphatic rings. The molecule has 0 spiro atoms. The van der Waals surface area contributed by atoms with Gasteiger partial charge in [0.05, 0.1) is 13.7 Å². The minimum Gasteiger partial charge on any atom is -0.496 e. The van der Waals surface area contributed by atoms with Gasteiger partial charge in [0.15, 0.2) is 0 Å². The summed E-state index contributed by atoms with van der Waals surface area (Å²) in [5.41, 5.74) is 2.22. The maximum atomic E-state index is 12.3. The zero-order valence-corrected chi connectivity index (χ0v) is 14.8. The van der Waals surface area contributed by atoms with Crippen molar-refractivity contribution in [3.8, 4) is 11.5 Å². The summed E-state index contributed by atoms with van der Waals surface area (Å²) in [5, 5.41) is 3.25. The number of carbonyl (C=O) groups is 1. The van der Waals surface area contributed by atoms with Crippen LogP contribution in [0.2, 0.25) is 0 Å². The second-order valence-corrected chi connectivity index (χ2v) is 6.69. The van der Waals surface area contributed by atoms with Crippen LogP contribution in [-0.4, -0.2) is 68.7 Å². The lowest BCUT2D eigenvalue weighted by Crippen LogP contribution is -2.49. The number of fused-ring (bicyclic) bond motifs is 1. The molecule has 3 rings (SSSR count). The highest BCUT2D eigenvalue weighted by Crippen LogP contribution is 2.34. The third-order valence-corrected chi connectivity index (χ3v) is 4.75. The van der Waals surface area contributed by atoms with Gasteiger partial charge in [-0.25, -0.2) is 0 Å². The maximum absolute atomic E-state index is 12.3. The molecule has 0 aromatic heterocycles. The van der Waals surface area contributed by atoms with E-state index in [1.165, 1.54) is 5.56 Å². The molecule has 2 heterocycles. The molecule has 1 atom stereocenters. The van der Waals surface area contributed by atoms with Crippen molar-refractivity contribution in [1.82, 2.24) is 15.1 Å². The molecule has 0 radical (unpaired) electrons. The molecule has 2 aliphatic heterocycles. The minimum absolute atomic E-state index is 0.160. The first-order valence-corrected chi connectivity index (χ1v) is 8.60. The third-order valence-electron chi connectivity index (χ3n) is 4.75. The summed E-state index contributed by atoms with van der Waals surface area (Å²) in [5.74, 6) is 1.95. The van der Waals surface area contributed by atoms with Gasteiger partial charge in [-0.3, -0.25) is 4.79 Å².